The predicted molar refractivity (Wildman–Crippen MR) is 146 cm³/mol. The molecular weight excluding hydrogens is 601 g/mol. The van der Waals surface area contributed by atoms with Crippen LogP contribution in [0.5, 0.6) is 5.88 Å². The molecule has 2 heterocycles. The summed E-state index contributed by atoms with van der Waals surface area (Å²) in [5.74, 6) is -5.45. The van der Waals surface area contributed by atoms with Crippen LogP contribution in [-0.4, -0.2) is 51.6 Å². The van der Waals surface area contributed by atoms with Gasteiger partial charge in [0.25, 0.3) is 12.3 Å². The number of nitrogens with zero attached hydrogens (tertiary/aromatic N) is 3. The van der Waals surface area contributed by atoms with E-state index >= 15 is 4.39 Å². The maximum Gasteiger partial charge on any atom is 0.391 e. The lowest BCUT2D eigenvalue weighted by Gasteiger charge is -2.30. The molecule has 2 amide bonds. The minimum absolute atomic E-state index is 0.00435. The van der Waals surface area contributed by atoms with Crippen LogP contribution in [0.15, 0.2) is 30.4 Å². The molecule has 0 spiro atoms. The van der Waals surface area contributed by atoms with Crippen LogP contribution in [0.3, 0.4) is 0 Å². The number of rotatable bonds is 10. The van der Waals surface area contributed by atoms with Crippen molar-refractivity contribution in [1.29, 1.82) is 0 Å². The van der Waals surface area contributed by atoms with Gasteiger partial charge in [-0.3, -0.25) is 14.2 Å². The fraction of sp³-hybridized carbons (Fsp3) is 0.429. The molecule has 1 saturated carbocycles. The first-order valence-electron chi connectivity index (χ1n) is 13.5. The maximum atomic E-state index is 15.2. The van der Waals surface area contributed by atoms with Crippen molar-refractivity contribution in [3.05, 3.63) is 53.1 Å². The Morgan fingerprint density at radius 2 is 1.82 bits per heavy atom. The van der Waals surface area contributed by atoms with E-state index in [2.05, 4.69) is 32.5 Å². The van der Waals surface area contributed by atoms with Gasteiger partial charge >= 0.3 is 6.18 Å². The molecule has 0 aliphatic heterocycles. The molecule has 1 aromatic carbocycles. The summed E-state index contributed by atoms with van der Waals surface area (Å²) in [6, 6.07) is 2.72. The summed E-state index contributed by atoms with van der Waals surface area (Å²) in [6.07, 6.45) is -7.48. The van der Waals surface area contributed by atoms with Crippen molar-refractivity contribution in [2.24, 2.45) is 13.0 Å². The van der Waals surface area contributed by atoms with E-state index in [1.807, 2.05) is 0 Å². The molecule has 0 saturated heterocycles. The lowest BCUT2D eigenvalue weighted by atomic mass is 9.85. The number of fused-ring (bicyclic) bond motifs is 1. The molecule has 1 aliphatic rings. The Kier molecular flexibility index (Phi) is 9.69. The Morgan fingerprint density at radius 1 is 1.14 bits per heavy atom. The second-order valence-corrected chi connectivity index (χ2v) is 10.4. The summed E-state index contributed by atoms with van der Waals surface area (Å²) in [5, 5.41) is 7.59. The molecule has 1 aliphatic carbocycles. The van der Waals surface area contributed by atoms with Crippen LogP contribution in [0.1, 0.15) is 48.5 Å². The quantitative estimate of drug-likeness (QED) is 0.197. The number of nitrogens with one attached hydrogen (secondary N) is 3. The lowest BCUT2D eigenvalue weighted by molar-refractivity contribution is -0.182. The summed E-state index contributed by atoms with van der Waals surface area (Å²) in [6.45, 7) is 3.58. The van der Waals surface area contributed by atoms with Crippen LogP contribution in [0.2, 0.25) is 0 Å². The predicted octanol–water partition coefficient (Wildman–Crippen LogP) is 5.68. The first kappa shape index (κ1) is 32.5. The van der Waals surface area contributed by atoms with Gasteiger partial charge in [0.1, 0.15) is 22.6 Å². The van der Waals surface area contributed by atoms with Gasteiger partial charge in [-0.2, -0.15) is 18.2 Å². The van der Waals surface area contributed by atoms with E-state index in [0.29, 0.717) is 0 Å². The first-order chi connectivity index (χ1) is 20.6. The Bertz CT molecular complexity index is 1570. The Labute approximate surface area is 246 Å². The van der Waals surface area contributed by atoms with Crippen molar-refractivity contribution in [3.8, 4) is 5.88 Å². The van der Waals surface area contributed by atoms with Crippen molar-refractivity contribution in [3.63, 3.8) is 0 Å². The molecule has 9 nitrogen and oxygen atoms in total. The van der Waals surface area contributed by atoms with Gasteiger partial charge in [-0.1, -0.05) is 12.6 Å². The molecular formula is C28H29F7N6O3. The molecule has 0 atom stereocenters. The van der Waals surface area contributed by atoms with Gasteiger partial charge in [0.05, 0.1) is 5.92 Å². The Morgan fingerprint density at radius 3 is 2.43 bits per heavy atom. The average Bonchev–Trinajstić information content (AvgIpc) is 3.26. The number of aromatic nitrogens is 3. The van der Waals surface area contributed by atoms with Crippen molar-refractivity contribution >= 4 is 34.6 Å². The first-order valence-corrected chi connectivity index (χ1v) is 13.5. The summed E-state index contributed by atoms with van der Waals surface area (Å²) in [7, 11) is 1.41. The maximum absolute atomic E-state index is 15.2. The molecule has 44 heavy (non-hydrogen) atoms. The van der Waals surface area contributed by atoms with E-state index in [0.717, 1.165) is 12.1 Å². The summed E-state index contributed by atoms with van der Waals surface area (Å²) < 4.78 is 101. The van der Waals surface area contributed by atoms with Gasteiger partial charge in [-0.15, -0.1) is 0 Å². The molecule has 4 rings (SSSR count). The molecule has 2 aromatic heterocycles. The van der Waals surface area contributed by atoms with E-state index in [9.17, 15) is 35.9 Å². The highest BCUT2D eigenvalue weighted by Gasteiger charge is 2.41. The number of amides is 2. The number of benzene rings is 1. The molecule has 0 unspecified atom stereocenters. The summed E-state index contributed by atoms with van der Waals surface area (Å²) in [5.41, 5.74) is -0.732. The molecule has 1 fully saturated rings. The average molecular weight is 631 g/mol. The van der Waals surface area contributed by atoms with Gasteiger partial charge in [0.15, 0.2) is 18.1 Å². The number of hydrogen-bond acceptors (Lipinski definition) is 6. The lowest BCUT2D eigenvalue weighted by Crippen LogP contribution is -2.40. The van der Waals surface area contributed by atoms with Crippen LogP contribution in [-0.2, 0) is 18.4 Å². The number of aryl methyl sites for hydroxylation is 1. The highest BCUT2D eigenvalue weighted by atomic mass is 19.4. The number of pyridine rings is 1. The minimum atomic E-state index is -4.33. The number of carbonyl (C=O) groups is 2. The van der Waals surface area contributed by atoms with Crippen molar-refractivity contribution in [2.45, 2.75) is 57.8 Å². The number of carbonyl (C=O) groups excluding carboxylic acids is 2. The van der Waals surface area contributed by atoms with Crippen molar-refractivity contribution in [1.82, 2.24) is 25.2 Å². The van der Waals surface area contributed by atoms with Crippen LogP contribution in [0, 0.1) is 17.6 Å². The smallest absolute Gasteiger partial charge is 0.391 e. The Balaban J connectivity index is 1.61. The SMILES string of the molecule is C=C(C)C(=O)NCc1ccc(F)c(Nc2nc3cc(C(=O)N[C@H]4CC[C@H](C(F)(F)F)CC4)c(OCC(F)F)nc3n2C)c1F. The molecule has 3 aromatic rings. The fourth-order valence-corrected chi connectivity index (χ4v) is 4.73. The third-order valence-corrected chi connectivity index (χ3v) is 7.16. The zero-order valence-corrected chi connectivity index (χ0v) is 23.6. The van der Waals surface area contributed by atoms with Gasteiger partial charge < -0.3 is 20.7 Å². The molecule has 0 bridgehead atoms. The standard InChI is InChI=1S/C28H29F7N6O3/c1-13(2)24(42)36-11-14-4-9-18(29)22(21(14)32)39-27-38-19-10-17(26(44-12-20(30)31)40-23(19)41(27)3)25(43)37-16-7-5-15(6-8-16)28(33,34)35/h4,9-10,15-16,20H,1,5-8,11-12H2,2-3H3,(H,36,42)(H,37,43)(H,38,39)/t15-,16-. The third kappa shape index (κ3) is 7.39. The fourth-order valence-electron chi connectivity index (χ4n) is 4.73. The van der Waals surface area contributed by atoms with Gasteiger partial charge in [0.2, 0.25) is 17.7 Å². The topological polar surface area (TPSA) is 110 Å². The second-order valence-electron chi connectivity index (χ2n) is 10.4. The highest BCUT2D eigenvalue weighted by molar-refractivity contribution is 5.99. The van der Waals surface area contributed by atoms with Gasteiger partial charge in [-0.05, 0) is 44.7 Å². The number of ether oxygens (including phenoxy) is 1. The Hall–Kier alpha value is -4.37. The number of imidazole rings is 1. The molecule has 3 N–H and O–H groups in total. The van der Waals surface area contributed by atoms with E-state index in [4.69, 9.17) is 4.74 Å². The minimum Gasteiger partial charge on any atom is -0.471 e. The van der Waals surface area contributed by atoms with E-state index < -0.39 is 66.2 Å². The number of hydrogen-bond donors (Lipinski definition) is 3. The van der Waals surface area contributed by atoms with Crippen molar-refractivity contribution in [2.75, 3.05) is 11.9 Å². The monoisotopic (exact) mass is 630 g/mol. The normalized spacial score (nSPS) is 17.0. The van der Waals surface area contributed by atoms with Gasteiger partial charge in [0, 0.05) is 30.8 Å². The van der Waals surface area contributed by atoms with Crippen LogP contribution >= 0.6 is 0 Å². The van der Waals surface area contributed by atoms with E-state index in [1.165, 1.54) is 24.6 Å². The molecule has 238 valence electrons. The summed E-state index contributed by atoms with van der Waals surface area (Å²) >= 11 is 0. The largest absolute Gasteiger partial charge is 0.471 e. The third-order valence-electron chi connectivity index (χ3n) is 7.16. The van der Waals surface area contributed by atoms with E-state index in [1.54, 1.807) is 0 Å². The summed E-state index contributed by atoms with van der Waals surface area (Å²) in [4.78, 5) is 33.3. The zero-order valence-electron chi connectivity index (χ0n) is 23.6. The zero-order chi connectivity index (χ0) is 32.3. The van der Waals surface area contributed by atoms with Crippen LogP contribution in [0.25, 0.3) is 11.2 Å². The molecule has 16 heteroatoms. The number of anilines is 2. The van der Waals surface area contributed by atoms with Crippen LogP contribution < -0.4 is 20.7 Å². The second kappa shape index (κ2) is 13.1. The van der Waals surface area contributed by atoms with Crippen molar-refractivity contribution < 1.29 is 45.1 Å². The molecule has 0 radical (unpaired) electrons. The number of alkyl halides is 5. The van der Waals surface area contributed by atoms with Crippen LogP contribution in [0.4, 0.5) is 42.4 Å². The van der Waals surface area contributed by atoms with E-state index in [-0.39, 0.29) is 66.0 Å². The number of halogens is 7. The highest BCUT2D eigenvalue weighted by Crippen LogP contribution is 2.38. The van der Waals surface area contributed by atoms with Gasteiger partial charge in [-0.25, -0.2) is 22.5 Å².